The minimum absolute atomic E-state index is 0.0324. The van der Waals surface area contributed by atoms with E-state index in [1.807, 2.05) is 4.90 Å². The quantitative estimate of drug-likeness (QED) is 0.175. The average Bonchev–Trinajstić information content (AvgIpc) is 3.94. The van der Waals surface area contributed by atoms with Gasteiger partial charge in [-0.2, -0.15) is 28.4 Å². The number of nitriles is 1. The molecular formula is C36H41F6N7O3S. The molecule has 4 N–H and O–H groups in total. The van der Waals surface area contributed by atoms with Crippen LogP contribution < -0.4 is 15.8 Å². The van der Waals surface area contributed by atoms with Crippen LogP contribution in [0, 0.1) is 28.9 Å². The summed E-state index contributed by atoms with van der Waals surface area (Å²) in [7, 11) is 1.23. The maximum Gasteiger partial charge on any atom is 0.417 e. The highest BCUT2D eigenvalue weighted by Gasteiger charge is 2.38. The van der Waals surface area contributed by atoms with Gasteiger partial charge in [0.15, 0.2) is 5.82 Å². The molecule has 0 saturated carbocycles. The highest BCUT2D eigenvalue weighted by atomic mass is 32.1. The molecule has 3 aliphatic rings. The maximum atomic E-state index is 15.9. The lowest BCUT2D eigenvalue weighted by Gasteiger charge is -2.18. The zero-order chi connectivity index (χ0) is 38.6. The lowest BCUT2D eigenvalue weighted by Crippen LogP contribution is -2.33. The van der Waals surface area contributed by atoms with E-state index in [1.165, 1.54) is 20.0 Å². The van der Waals surface area contributed by atoms with E-state index in [4.69, 9.17) is 15.6 Å². The molecule has 3 fully saturated rings. The third-order valence-electron chi connectivity index (χ3n) is 9.51. The van der Waals surface area contributed by atoms with Gasteiger partial charge < -0.3 is 25.8 Å². The van der Waals surface area contributed by atoms with E-state index >= 15 is 4.39 Å². The summed E-state index contributed by atoms with van der Waals surface area (Å²) in [5, 5.41) is 20.5. The van der Waals surface area contributed by atoms with Crippen LogP contribution in [-0.2, 0) is 11.0 Å². The molecule has 0 spiro atoms. The Morgan fingerprint density at radius 2 is 1.92 bits per heavy atom. The monoisotopic (exact) mass is 765 g/mol. The molecule has 2 aromatic carbocycles. The van der Waals surface area contributed by atoms with Crippen molar-refractivity contribution in [3.05, 3.63) is 41.0 Å². The summed E-state index contributed by atoms with van der Waals surface area (Å²) in [4.78, 5) is 23.4. The molecule has 3 atom stereocenters. The predicted octanol–water partition coefficient (Wildman–Crippen LogP) is 7.13. The molecule has 0 aliphatic carbocycles. The van der Waals surface area contributed by atoms with Crippen LogP contribution in [0.15, 0.2) is 18.2 Å². The number of ether oxygens (including phenoxy) is 1. The van der Waals surface area contributed by atoms with Gasteiger partial charge in [0.1, 0.15) is 34.4 Å². The van der Waals surface area contributed by atoms with Crippen molar-refractivity contribution in [1.29, 1.82) is 5.26 Å². The van der Waals surface area contributed by atoms with Crippen molar-refractivity contribution >= 4 is 49.1 Å². The van der Waals surface area contributed by atoms with Gasteiger partial charge in [-0.3, -0.25) is 9.69 Å². The van der Waals surface area contributed by atoms with E-state index in [9.17, 15) is 32.0 Å². The number of alkyl halides is 4. The van der Waals surface area contributed by atoms with E-state index < -0.39 is 40.6 Å². The summed E-state index contributed by atoms with van der Waals surface area (Å²) in [5.74, 6) is -2.27. The molecule has 7 rings (SSSR count). The summed E-state index contributed by atoms with van der Waals surface area (Å²) < 4.78 is 90.2. The number of methoxy groups -OCH3 is 1. The van der Waals surface area contributed by atoms with Crippen molar-refractivity contribution in [2.45, 2.75) is 64.3 Å². The highest BCUT2D eigenvalue weighted by Crippen LogP contribution is 2.47. The molecule has 3 unspecified atom stereocenters. The fourth-order valence-corrected chi connectivity index (χ4v) is 7.90. The number of carbonyl (C=O) groups excluding carboxylic acids is 1. The Morgan fingerprint density at radius 3 is 2.53 bits per heavy atom. The number of likely N-dealkylation sites (tertiary alicyclic amines) is 1. The van der Waals surface area contributed by atoms with Crippen LogP contribution in [0.5, 0.6) is 6.01 Å². The molecule has 3 saturated heterocycles. The third kappa shape index (κ3) is 8.39. The second-order valence-electron chi connectivity index (χ2n) is 13.1. The summed E-state index contributed by atoms with van der Waals surface area (Å²) in [6.07, 6.45) is 0.0457. The second kappa shape index (κ2) is 16.7. The number of benzene rings is 2. The largest absolute Gasteiger partial charge is 0.467 e. The van der Waals surface area contributed by atoms with Gasteiger partial charge in [0, 0.05) is 48.6 Å². The summed E-state index contributed by atoms with van der Waals surface area (Å²) in [6, 6.07) is 4.75. The first-order valence-corrected chi connectivity index (χ1v) is 18.1. The topological polar surface area (TPSA) is 141 Å². The number of amides is 1. The van der Waals surface area contributed by atoms with E-state index in [-0.39, 0.29) is 68.4 Å². The lowest BCUT2D eigenvalue weighted by molar-refractivity contribution is -0.137. The predicted molar refractivity (Wildman–Crippen MR) is 191 cm³/mol. The molecule has 1 amide bonds. The first-order valence-electron chi connectivity index (χ1n) is 17.3. The summed E-state index contributed by atoms with van der Waals surface area (Å²) in [6.45, 7) is 7.33. The minimum atomic E-state index is -5.00. The van der Waals surface area contributed by atoms with Gasteiger partial charge in [0.25, 0.3) is 0 Å². The maximum absolute atomic E-state index is 15.9. The van der Waals surface area contributed by atoms with Crippen LogP contribution in [0.1, 0.15) is 57.1 Å². The fourth-order valence-electron chi connectivity index (χ4n) is 6.95. The van der Waals surface area contributed by atoms with Crippen LogP contribution in [-0.4, -0.2) is 89.4 Å². The van der Waals surface area contributed by atoms with Crippen molar-refractivity contribution in [2.24, 2.45) is 5.92 Å². The molecule has 2 aromatic heterocycles. The van der Waals surface area contributed by atoms with Gasteiger partial charge in [-0.25, -0.2) is 13.2 Å². The van der Waals surface area contributed by atoms with Gasteiger partial charge in [-0.15, -0.1) is 11.3 Å². The van der Waals surface area contributed by atoms with Gasteiger partial charge in [-0.1, -0.05) is 13.0 Å². The van der Waals surface area contributed by atoms with Gasteiger partial charge >= 0.3 is 12.2 Å². The first-order chi connectivity index (χ1) is 25.2. The molecule has 10 nitrogen and oxygen atoms in total. The lowest BCUT2D eigenvalue weighted by atomic mass is 9.92. The van der Waals surface area contributed by atoms with Crippen molar-refractivity contribution in [3.63, 3.8) is 0 Å². The Hall–Kier alpha value is -4.40. The number of nitrogen functional groups attached to an aromatic ring is 1. The number of rotatable bonds is 6. The first kappa shape index (κ1) is 39.8. The minimum Gasteiger partial charge on any atom is -0.467 e. The van der Waals surface area contributed by atoms with Gasteiger partial charge in [0.2, 0.25) is 5.91 Å². The number of anilines is 2. The smallest absolute Gasteiger partial charge is 0.417 e. The number of aliphatic hydroxyl groups is 1. The summed E-state index contributed by atoms with van der Waals surface area (Å²) >= 11 is 0.698. The van der Waals surface area contributed by atoms with Crippen LogP contribution in [0.4, 0.5) is 37.2 Å². The van der Waals surface area contributed by atoms with Gasteiger partial charge in [0.05, 0.1) is 35.5 Å². The molecule has 5 heterocycles. The number of nitrogens with one attached hydrogen (secondary N) is 1. The standard InChI is InChI=1S/C21H14F5N5OS.C8H15NO2.C7H12FN/c1-3-29-19-9-6-11(21(24,25)26)14(15(23)16(9)30-20(31-19)32-2)8-4-5-12(22)17-13(8)10(7-27)18(28)33-17;1-7(6-10)8(11)9-4-2-3-5-9;8-6-4-7-2-1-3-9(7)5-6/h4-6H,3,28H2,1-2H3,(H,29,30,31);7,10H,2-6H2,1H3;6-7H,1-5H2. The third-order valence-corrected chi connectivity index (χ3v) is 10.5. The number of aromatic nitrogens is 2. The number of nitrogens with two attached hydrogens (primary N) is 1. The SMILES string of the molecule is CC(CO)C(=O)N1CCCC1.CCNc1nc(OC)nc2c(F)c(-c3ccc(F)c4sc(N)c(C#N)c34)c(C(F)(F)F)cc12.FC1CC2CCCN2C1. The number of hydrogen-bond acceptors (Lipinski definition) is 10. The number of fused-ring (bicyclic) bond motifs is 3. The number of hydrogen-bond donors (Lipinski definition) is 3. The van der Waals surface area contributed by atoms with E-state index in [1.54, 1.807) is 19.9 Å². The number of aliphatic hydroxyl groups excluding tert-OH is 1. The molecule has 286 valence electrons. The molecule has 0 radical (unpaired) electrons. The molecular weight excluding hydrogens is 724 g/mol. The summed E-state index contributed by atoms with van der Waals surface area (Å²) in [5.41, 5.74) is 2.59. The van der Waals surface area contributed by atoms with Crippen molar-refractivity contribution in [3.8, 4) is 23.2 Å². The Labute approximate surface area is 306 Å². The second-order valence-corrected chi connectivity index (χ2v) is 14.1. The molecule has 17 heteroatoms. The zero-order valence-electron chi connectivity index (χ0n) is 29.5. The van der Waals surface area contributed by atoms with Crippen molar-refractivity contribution < 1.29 is 41.0 Å². The molecule has 3 aliphatic heterocycles. The Kier molecular flexibility index (Phi) is 12.6. The number of halogens is 6. The molecule has 53 heavy (non-hydrogen) atoms. The Bertz CT molecular complexity index is 1980. The van der Waals surface area contributed by atoms with E-state index in [0.717, 1.165) is 57.1 Å². The number of nitrogens with zero attached hydrogens (tertiary/aromatic N) is 5. The number of thiophene rings is 1. The molecule has 4 aromatic rings. The van der Waals surface area contributed by atoms with Crippen LogP contribution in [0.2, 0.25) is 0 Å². The fraction of sp³-hybridized carbons (Fsp3) is 0.500. The van der Waals surface area contributed by atoms with Gasteiger partial charge in [-0.05, 0) is 63.3 Å². The van der Waals surface area contributed by atoms with E-state index in [0.29, 0.717) is 23.9 Å². The highest BCUT2D eigenvalue weighted by molar-refractivity contribution is 7.23. The van der Waals surface area contributed by atoms with Crippen LogP contribution >= 0.6 is 11.3 Å². The molecule has 0 bridgehead atoms. The van der Waals surface area contributed by atoms with Crippen molar-refractivity contribution in [1.82, 2.24) is 19.8 Å². The Morgan fingerprint density at radius 1 is 1.21 bits per heavy atom. The normalized spacial score (nSPS) is 18.9. The van der Waals surface area contributed by atoms with E-state index in [2.05, 4.69) is 20.2 Å². The Balaban J connectivity index is 0.000000217. The zero-order valence-corrected chi connectivity index (χ0v) is 30.3. The number of carbonyl (C=O) groups is 1. The van der Waals surface area contributed by atoms with Crippen molar-refractivity contribution in [2.75, 3.05) is 57.5 Å². The average molecular weight is 766 g/mol. The van der Waals surface area contributed by atoms with Crippen LogP contribution in [0.25, 0.3) is 32.1 Å². The van der Waals surface area contributed by atoms with Crippen LogP contribution in [0.3, 0.4) is 0 Å².